The van der Waals surface area contributed by atoms with Gasteiger partial charge >= 0.3 is 0 Å². The highest BCUT2D eigenvalue weighted by Gasteiger charge is 2.20. The molecule has 0 aliphatic heterocycles. The highest BCUT2D eigenvalue weighted by Crippen LogP contribution is 2.24. The molecule has 6 nitrogen and oxygen atoms in total. The zero-order valence-electron chi connectivity index (χ0n) is 16.9. The van der Waals surface area contributed by atoms with Crippen molar-refractivity contribution in [1.82, 2.24) is 4.90 Å². The summed E-state index contributed by atoms with van der Waals surface area (Å²) < 4.78 is 32.2. The van der Waals surface area contributed by atoms with Gasteiger partial charge in [-0.3, -0.25) is 9.10 Å². The zero-order chi connectivity index (χ0) is 21.6. The summed E-state index contributed by atoms with van der Waals surface area (Å²) in [6.07, 6.45) is 0. The Balaban J connectivity index is 1.58. The number of benzene rings is 3. The number of anilines is 1. The number of ether oxygens (including phenoxy) is 1. The van der Waals surface area contributed by atoms with Gasteiger partial charge in [0.05, 0.1) is 10.6 Å². The maximum absolute atomic E-state index is 12.7. The Labute approximate surface area is 177 Å². The van der Waals surface area contributed by atoms with Crippen LogP contribution in [0.15, 0.2) is 89.8 Å². The molecule has 0 bridgehead atoms. The molecule has 0 fully saturated rings. The minimum atomic E-state index is -3.64. The van der Waals surface area contributed by atoms with Crippen LogP contribution in [0.5, 0.6) is 5.75 Å². The number of amides is 1. The Hall–Kier alpha value is -3.32. The minimum absolute atomic E-state index is 0.0964. The topological polar surface area (TPSA) is 66.9 Å². The van der Waals surface area contributed by atoms with Crippen LogP contribution in [0, 0.1) is 0 Å². The monoisotopic (exact) mass is 424 g/mol. The smallest absolute Gasteiger partial charge is 0.264 e. The molecule has 0 saturated heterocycles. The number of carbonyl (C=O) groups excluding carboxylic acids is 1. The lowest BCUT2D eigenvalue weighted by molar-refractivity contribution is -0.132. The summed E-state index contributed by atoms with van der Waals surface area (Å²) in [4.78, 5) is 14.1. The average Bonchev–Trinajstić information content (AvgIpc) is 2.78. The number of hydrogen-bond acceptors (Lipinski definition) is 4. The molecule has 0 radical (unpaired) electrons. The number of nitrogens with zero attached hydrogens (tertiary/aromatic N) is 2. The summed E-state index contributed by atoms with van der Waals surface area (Å²) in [7, 11) is -0.412. The summed E-state index contributed by atoms with van der Waals surface area (Å²) >= 11 is 0. The van der Waals surface area contributed by atoms with E-state index in [4.69, 9.17) is 4.74 Å². The highest BCUT2D eigenvalue weighted by atomic mass is 32.2. The van der Waals surface area contributed by atoms with E-state index in [1.807, 2.05) is 30.3 Å². The van der Waals surface area contributed by atoms with Gasteiger partial charge in [0.1, 0.15) is 5.75 Å². The van der Waals surface area contributed by atoms with Crippen LogP contribution in [0.2, 0.25) is 0 Å². The second kappa shape index (κ2) is 9.45. The third-order valence-electron chi connectivity index (χ3n) is 4.65. The van der Waals surface area contributed by atoms with Crippen LogP contribution in [0.3, 0.4) is 0 Å². The SMILES string of the molecule is CN(Cc1ccccc1)C(=O)COc1ccc(N(C)S(=O)(=O)c2ccccc2)cc1. The largest absolute Gasteiger partial charge is 0.484 e. The Morgan fingerprint density at radius 3 is 2.00 bits per heavy atom. The number of rotatable bonds is 8. The third-order valence-corrected chi connectivity index (χ3v) is 6.45. The summed E-state index contributed by atoms with van der Waals surface area (Å²) in [5.41, 5.74) is 1.54. The van der Waals surface area contributed by atoms with Crippen LogP contribution in [0.25, 0.3) is 0 Å². The van der Waals surface area contributed by atoms with Crippen molar-refractivity contribution >= 4 is 21.6 Å². The Morgan fingerprint density at radius 1 is 0.833 bits per heavy atom. The van der Waals surface area contributed by atoms with Crippen LogP contribution in [0.1, 0.15) is 5.56 Å². The molecular weight excluding hydrogens is 400 g/mol. The van der Waals surface area contributed by atoms with Gasteiger partial charge in [0.2, 0.25) is 0 Å². The van der Waals surface area contributed by atoms with Crippen LogP contribution < -0.4 is 9.04 Å². The van der Waals surface area contributed by atoms with Crippen molar-refractivity contribution in [3.63, 3.8) is 0 Å². The van der Waals surface area contributed by atoms with Crippen molar-refractivity contribution < 1.29 is 17.9 Å². The Kier molecular flexibility index (Phi) is 6.74. The van der Waals surface area contributed by atoms with E-state index in [2.05, 4.69) is 0 Å². The molecule has 0 aromatic heterocycles. The van der Waals surface area contributed by atoms with E-state index in [1.54, 1.807) is 66.5 Å². The molecule has 0 aliphatic carbocycles. The van der Waals surface area contributed by atoms with Gasteiger partial charge < -0.3 is 9.64 Å². The highest BCUT2D eigenvalue weighted by molar-refractivity contribution is 7.92. The van der Waals surface area contributed by atoms with E-state index in [9.17, 15) is 13.2 Å². The van der Waals surface area contributed by atoms with Gasteiger partial charge in [0.15, 0.2) is 6.61 Å². The molecule has 7 heteroatoms. The van der Waals surface area contributed by atoms with E-state index < -0.39 is 10.0 Å². The summed E-state index contributed by atoms with van der Waals surface area (Å²) in [6, 6.07) is 24.6. The normalized spacial score (nSPS) is 11.0. The fourth-order valence-electron chi connectivity index (χ4n) is 2.84. The summed E-state index contributed by atoms with van der Waals surface area (Å²) in [5.74, 6) is 0.345. The fourth-order valence-corrected chi connectivity index (χ4v) is 4.06. The maximum atomic E-state index is 12.7. The molecule has 0 saturated carbocycles. The van der Waals surface area contributed by atoms with Crippen molar-refractivity contribution in [1.29, 1.82) is 0 Å². The molecule has 0 spiro atoms. The third kappa shape index (κ3) is 5.18. The molecule has 3 rings (SSSR count). The van der Waals surface area contributed by atoms with E-state index >= 15 is 0 Å². The van der Waals surface area contributed by atoms with E-state index in [0.717, 1.165) is 5.56 Å². The van der Waals surface area contributed by atoms with Crippen LogP contribution in [0.4, 0.5) is 5.69 Å². The molecule has 0 aliphatic rings. The molecule has 1 amide bonds. The number of carbonyl (C=O) groups is 1. The van der Waals surface area contributed by atoms with E-state index in [-0.39, 0.29) is 17.4 Å². The van der Waals surface area contributed by atoms with Crippen molar-refractivity contribution in [3.8, 4) is 5.75 Å². The van der Waals surface area contributed by atoms with Gasteiger partial charge in [0.25, 0.3) is 15.9 Å². The van der Waals surface area contributed by atoms with Crippen molar-refractivity contribution in [3.05, 3.63) is 90.5 Å². The molecule has 0 unspecified atom stereocenters. The van der Waals surface area contributed by atoms with Crippen LogP contribution >= 0.6 is 0 Å². The van der Waals surface area contributed by atoms with Gasteiger partial charge in [-0.05, 0) is 42.0 Å². The second-order valence-corrected chi connectivity index (χ2v) is 8.77. The van der Waals surface area contributed by atoms with Gasteiger partial charge in [-0.15, -0.1) is 0 Å². The van der Waals surface area contributed by atoms with Gasteiger partial charge in [0, 0.05) is 20.6 Å². The Bertz CT molecular complexity index is 1070. The molecular formula is C23H24N2O4S. The van der Waals surface area contributed by atoms with Crippen molar-refractivity contribution in [2.45, 2.75) is 11.4 Å². The zero-order valence-corrected chi connectivity index (χ0v) is 17.7. The van der Waals surface area contributed by atoms with Crippen molar-refractivity contribution in [2.24, 2.45) is 0 Å². The maximum Gasteiger partial charge on any atom is 0.264 e. The first-order valence-electron chi connectivity index (χ1n) is 9.42. The van der Waals surface area contributed by atoms with Crippen molar-refractivity contribution in [2.75, 3.05) is 25.0 Å². The molecule has 0 atom stereocenters. The lowest BCUT2D eigenvalue weighted by Gasteiger charge is -2.20. The van der Waals surface area contributed by atoms with Gasteiger partial charge in [-0.1, -0.05) is 48.5 Å². The molecule has 3 aromatic carbocycles. The number of likely N-dealkylation sites (N-methyl/N-ethyl adjacent to an activating group) is 1. The molecule has 30 heavy (non-hydrogen) atoms. The summed E-state index contributed by atoms with van der Waals surface area (Å²) in [6.45, 7) is 0.408. The van der Waals surface area contributed by atoms with Crippen LogP contribution in [-0.2, 0) is 21.4 Å². The first-order chi connectivity index (χ1) is 14.4. The minimum Gasteiger partial charge on any atom is -0.484 e. The van der Waals surface area contributed by atoms with Crippen LogP contribution in [-0.4, -0.2) is 39.9 Å². The molecule has 0 N–H and O–H groups in total. The lowest BCUT2D eigenvalue weighted by Crippen LogP contribution is -2.31. The molecule has 3 aromatic rings. The van der Waals surface area contributed by atoms with Gasteiger partial charge in [-0.25, -0.2) is 8.42 Å². The molecule has 0 heterocycles. The first kappa shape index (κ1) is 21.4. The molecule has 156 valence electrons. The number of sulfonamides is 1. The standard InChI is InChI=1S/C23H24N2O4S/c1-24(17-19-9-5-3-6-10-19)23(26)18-29-21-15-13-20(14-16-21)25(2)30(27,28)22-11-7-4-8-12-22/h3-16H,17-18H2,1-2H3. The average molecular weight is 425 g/mol. The second-order valence-electron chi connectivity index (χ2n) is 6.80. The van der Waals surface area contributed by atoms with E-state index in [1.165, 1.54) is 11.4 Å². The fraction of sp³-hybridized carbons (Fsp3) is 0.174. The van der Waals surface area contributed by atoms with Gasteiger partial charge in [-0.2, -0.15) is 0 Å². The van der Waals surface area contributed by atoms with E-state index in [0.29, 0.717) is 18.0 Å². The predicted octanol–water partition coefficient (Wildman–Crippen LogP) is 3.55. The Morgan fingerprint density at radius 2 is 1.40 bits per heavy atom. The summed E-state index contributed by atoms with van der Waals surface area (Å²) in [5, 5.41) is 0. The predicted molar refractivity (Wildman–Crippen MR) is 117 cm³/mol. The first-order valence-corrected chi connectivity index (χ1v) is 10.9. The number of hydrogen-bond donors (Lipinski definition) is 0. The lowest BCUT2D eigenvalue weighted by atomic mass is 10.2. The quantitative estimate of drug-likeness (QED) is 0.555.